The Morgan fingerprint density at radius 2 is 1.65 bits per heavy atom. The van der Waals surface area contributed by atoms with Crippen LogP contribution in [0.5, 0.6) is 11.5 Å². The fourth-order valence-corrected chi connectivity index (χ4v) is 2.98. The predicted octanol–water partition coefficient (Wildman–Crippen LogP) is 4.77. The highest BCUT2D eigenvalue weighted by Gasteiger charge is 2.18. The lowest BCUT2D eigenvalue weighted by Gasteiger charge is -2.21. The number of nitrogens with one attached hydrogen (secondary N) is 1. The maximum absolute atomic E-state index is 13.8. The van der Waals surface area contributed by atoms with Gasteiger partial charge in [0.15, 0.2) is 11.6 Å². The molecular weight excluding hydrogens is 333 g/mol. The van der Waals surface area contributed by atoms with Gasteiger partial charge >= 0.3 is 0 Å². The molecule has 0 aromatic heterocycles. The molecule has 1 atom stereocenters. The van der Waals surface area contributed by atoms with Crippen molar-refractivity contribution in [3.05, 3.63) is 58.4 Å². The molecule has 0 spiro atoms. The van der Waals surface area contributed by atoms with E-state index in [1.165, 1.54) is 19.2 Å². The molecule has 1 amide bonds. The molecule has 0 bridgehead atoms. The molecule has 0 heterocycles. The van der Waals surface area contributed by atoms with Crippen LogP contribution in [0.2, 0.25) is 0 Å². The Bertz CT molecular complexity index is 802. The van der Waals surface area contributed by atoms with Crippen molar-refractivity contribution < 1.29 is 18.7 Å². The topological polar surface area (TPSA) is 47.6 Å². The van der Waals surface area contributed by atoms with E-state index >= 15 is 0 Å². The fraction of sp³-hybridized carbons (Fsp3) is 0.381. The zero-order chi connectivity index (χ0) is 19.4. The van der Waals surface area contributed by atoms with Crippen molar-refractivity contribution in [3.8, 4) is 11.5 Å². The van der Waals surface area contributed by atoms with Crippen LogP contribution in [0, 0.1) is 12.7 Å². The summed E-state index contributed by atoms with van der Waals surface area (Å²) in [6.45, 7) is 8.09. The molecule has 5 heteroatoms. The second kappa shape index (κ2) is 8.21. The highest BCUT2D eigenvalue weighted by molar-refractivity contribution is 5.94. The van der Waals surface area contributed by atoms with Crippen molar-refractivity contribution in [2.45, 2.75) is 39.7 Å². The Labute approximate surface area is 154 Å². The summed E-state index contributed by atoms with van der Waals surface area (Å²) in [7, 11) is 3.04. The SMILES string of the molecule is COc1ccc(C(=O)N[C@@H](C)c2cc(C(C)C)c(OC)cc2C)cc1F. The van der Waals surface area contributed by atoms with Gasteiger partial charge in [-0.05, 0) is 66.8 Å². The highest BCUT2D eigenvalue weighted by Crippen LogP contribution is 2.32. The Hall–Kier alpha value is -2.56. The molecule has 0 unspecified atom stereocenters. The zero-order valence-corrected chi connectivity index (χ0v) is 16.1. The van der Waals surface area contributed by atoms with E-state index < -0.39 is 5.82 Å². The van der Waals surface area contributed by atoms with E-state index in [9.17, 15) is 9.18 Å². The standard InChI is InChI=1S/C21H26FNO3/c1-12(2)16-11-17(13(3)9-20(16)26-6)14(4)23-21(24)15-7-8-19(25-5)18(22)10-15/h7-12,14H,1-6H3,(H,23,24)/t14-/m0/s1. The minimum absolute atomic E-state index is 0.113. The molecule has 0 aliphatic heterocycles. The second-order valence-corrected chi connectivity index (χ2v) is 6.65. The largest absolute Gasteiger partial charge is 0.496 e. The van der Waals surface area contributed by atoms with Crippen molar-refractivity contribution in [1.29, 1.82) is 0 Å². The maximum Gasteiger partial charge on any atom is 0.251 e. The molecule has 2 rings (SSSR count). The summed E-state index contributed by atoms with van der Waals surface area (Å²) >= 11 is 0. The number of rotatable bonds is 6. The van der Waals surface area contributed by atoms with E-state index in [0.717, 1.165) is 22.4 Å². The Balaban J connectivity index is 2.26. The molecule has 140 valence electrons. The van der Waals surface area contributed by atoms with Crippen molar-refractivity contribution in [1.82, 2.24) is 5.32 Å². The summed E-state index contributed by atoms with van der Waals surface area (Å²) in [6.07, 6.45) is 0. The van der Waals surface area contributed by atoms with Crippen LogP contribution in [0.15, 0.2) is 30.3 Å². The first-order valence-corrected chi connectivity index (χ1v) is 8.61. The summed E-state index contributed by atoms with van der Waals surface area (Å²) < 4.78 is 24.2. The number of methoxy groups -OCH3 is 2. The average Bonchev–Trinajstić information content (AvgIpc) is 2.60. The molecule has 2 aromatic carbocycles. The molecule has 1 N–H and O–H groups in total. The van der Waals surface area contributed by atoms with Crippen molar-refractivity contribution in [2.75, 3.05) is 14.2 Å². The van der Waals surface area contributed by atoms with Gasteiger partial charge in [0, 0.05) is 5.56 Å². The third kappa shape index (κ3) is 4.15. The number of aryl methyl sites for hydroxylation is 1. The van der Waals surface area contributed by atoms with Crippen LogP contribution < -0.4 is 14.8 Å². The second-order valence-electron chi connectivity index (χ2n) is 6.65. The van der Waals surface area contributed by atoms with Gasteiger partial charge < -0.3 is 14.8 Å². The van der Waals surface area contributed by atoms with Gasteiger partial charge in [-0.15, -0.1) is 0 Å². The summed E-state index contributed by atoms with van der Waals surface area (Å²) in [5.74, 6) is 0.359. The van der Waals surface area contributed by atoms with Crippen LogP contribution in [0.1, 0.15) is 59.8 Å². The molecule has 0 radical (unpaired) electrons. The number of carbonyl (C=O) groups is 1. The number of carbonyl (C=O) groups excluding carboxylic acids is 1. The first kappa shape index (κ1) is 19.8. The average molecular weight is 359 g/mol. The van der Waals surface area contributed by atoms with Crippen LogP contribution in [-0.2, 0) is 0 Å². The van der Waals surface area contributed by atoms with E-state index in [0.29, 0.717) is 5.92 Å². The van der Waals surface area contributed by atoms with Gasteiger partial charge in [-0.25, -0.2) is 4.39 Å². The maximum atomic E-state index is 13.8. The molecule has 4 nitrogen and oxygen atoms in total. The molecule has 0 aliphatic carbocycles. The van der Waals surface area contributed by atoms with Gasteiger partial charge in [-0.2, -0.15) is 0 Å². The van der Waals surface area contributed by atoms with Gasteiger partial charge in [-0.3, -0.25) is 4.79 Å². The van der Waals surface area contributed by atoms with Crippen LogP contribution in [0.4, 0.5) is 4.39 Å². The van der Waals surface area contributed by atoms with E-state index in [2.05, 4.69) is 25.2 Å². The first-order chi connectivity index (χ1) is 12.3. The normalized spacial score (nSPS) is 12.0. The summed E-state index contributed by atoms with van der Waals surface area (Å²) in [5, 5.41) is 2.93. The molecule has 2 aromatic rings. The first-order valence-electron chi connectivity index (χ1n) is 8.61. The highest BCUT2D eigenvalue weighted by atomic mass is 19.1. The molecule has 0 saturated heterocycles. The summed E-state index contributed by atoms with van der Waals surface area (Å²) in [6, 6.07) is 8.01. The van der Waals surface area contributed by atoms with E-state index in [1.54, 1.807) is 13.2 Å². The number of hydrogen-bond donors (Lipinski definition) is 1. The summed E-state index contributed by atoms with van der Waals surface area (Å²) in [4.78, 5) is 12.5. The molecule has 0 aliphatic rings. The van der Waals surface area contributed by atoms with Gasteiger partial charge in [-0.1, -0.05) is 13.8 Å². The lowest BCUT2D eigenvalue weighted by molar-refractivity contribution is 0.0939. The van der Waals surface area contributed by atoms with Gasteiger partial charge in [0.05, 0.1) is 20.3 Å². The Morgan fingerprint density at radius 3 is 2.19 bits per heavy atom. The van der Waals surface area contributed by atoms with Gasteiger partial charge in [0.2, 0.25) is 0 Å². The van der Waals surface area contributed by atoms with E-state index in [4.69, 9.17) is 9.47 Å². The number of ether oxygens (including phenoxy) is 2. The third-order valence-corrected chi connectivity index (χ3v) is 4.47. The van der Waals surface area contributed by atoms with Crippen LogP contribution in [0.3, 0.4) is 0 Å². The lowest BCUT2D eigenvalue weighted by Crippen LogP contribution is -2.27. The van der Waals surface area contributed by atoms with Crippen molar-refractivity contribution in [3.63, 3.8) is 0 Å². The number of benzene rings is 2. The van der Waals surface area contributed by atoms with E-state index in [1.807, 2.05) is 19.9 Å². The number of hydrogen-bond acceptors (Lipinski definition) is 3. The summed E-state index contributed by atoms with van der Waals surface area (Å²) in [5.41, 5.74) is 3.38. The number of amides is 1. The van der Waals surface area contributed by atoms with Crippen LogP contribution >= 0.6 is 0 Å². The van der Waals surface area contributed by atoms with Gasteiger partial charge in [0.25, 0.3) is 5.91 Å². The smallest absolute Gasteiger partial charge is 0.251 e. The third-order valence-electron chi connectivity index (χ3n) is 4.47. The quantitative estimate of drug-likeness (QED) is 0.808. The zero-order valence-electron chi connectivity index (χ0n) is 16.1. The molecule has 0 fully saturated rings. The van der Waals surface area contributed by atoms with Crippen molar-refractivity contribution in [2.24, 2.45) is 0 Å². The monoisotopic (exact) mass is 359 g/mol. The fourth-order valence-electron chi connectivity index (χ4n) is 2.98. The minimum atomic E-state index is -0.560. The minimum Gasteiger partial charge on any atom is -0.496 e. The number of halogens is 1. The Morgan fingerprint density at radius 1 is 1.00 bits per heavy atom. The van der Waals surface area contributed by atoms with Crippen LogP contribution in [0.25, 0.3) is 0 Å². The molecule has 0 saturated carbocycles. The van der Waals surface area contributed by atoms with Gasteiger partial charge in [0.1, 0.15) is 5.75 Å². The Kier molecular flexibility index (Phi) is 6.24. The molecular formula is C21H26FNO3. The lowest BCUT2D eigenvalue weighted by atomic mass is 9.93. The molecule has 26 heavy (non-hydrogen) atoms. The van der Waals surface area contributed by atoms with Crippen molar-refractivity contribution >= 4 is 5.91 Å². The van der Waals surface area contributed by atoms with Crippen LogP contribution in [-0.4, -0.2) is 20.1 Å². The van der Waals surface area contributed by atoms with E-state index in [-0.39, 0.29) is 23.3 Å². The predicted molar refractivity (Wildman–Crippen MR) is 101 cm³/mol.